The van der Waals surface area contributed by atoms with Crippen molar-refractivity contribution in [2.24, 2.45) is 0 Å². The highest BCUT2D eigenvalue weighted by atomic mass is 16.5. The number of H-pyrrole nitrogens is 1. The van der Waals surface area contributed by atoms with Crippen LogP contribution in [0.25, 0.3) is 10.9 Å². The summed E-state index contributed by atoms with van der Waals surface area (Å²) in [6, 6.07) is 5.85. The van der Waals surface area contributed by atoms with Crippen LogP contribution in [0.5, 0.6) is 0 Å². The fourth-order valence-corrected chi connectivity index (χ4v) is 2.49. The van der Waals surface area contributed by atoms with Crippen molar-refractivity contribution in [1.29, 1.82) is 0 Å². The molecule has 1 aliphatic heterocycles. The van der Waals surface area contributed by atoms with E-state index in [1.807, 2.05) is 18.2 Å². The average Bonchev–Trinajstić information content (AvgIpc) is 2.82. The summed E-state index contributed by atoms with van der Waals surface area (Å²) in [6.45, 7) is 1.60. The van der Waals surface area contributed by atoms with Crippen molar-refractivity contribution in [3.05, 3.63) is 29.5 Å². The van der Waals surface area contributed by atoms with Gasteiger partial charge in [-0.25, -0.2) is 4.79 Å². The third-order valence-corrected chi connectivity index (χ3v) is 3.48. The van der Waals surface area contributed by atoms with Gasteiger partial charge in [-0.1, -0.05) is 12.1 Å². The molecule has 0 saturated carbocycles. The molecule has 0 amide bonds. The predicted octanol–water partition coefficient (Wildman–Crippen LogP) is 2.16. The molecule has 94 valence electrons. The molecule has 0 spiro atoms. The van der Waals surface area contributed by atoms with Crippen molar-refractivity contribution < 1.29 is 14.6 Å². The highest BCUT2D eigenvalue weighted by molar-refractivity contribution is 6.01. The monoisotopic (exact) mass is 246 g/mol. The highest BCUT2D eigenvalue weighted by Gasteiger charge is 2.18. The van der Waals surface area contributed by atoms with E-state index in [9.17, 15) is 4.79 Å². The van der Waals surface area contributed by atoms with E-state index in [0.717, 1.165) is 31.6 Å². The second-order valence-corrected chi connectivity index (χ2v) is 4.57. The molecule has 0 atom stereocenters. The van der Waals surface area contributed by atoms with Crippen LogP contribution in [0.1, 0.15) is 34.8 Å². The Bertz CT molecular complexity index is 585. The van der Waals surface area contributed by atoms with E-state index in [1.165, 1.54) is 5.56 Å². The van der Waals surface area contributed by atoms with Crippen LogP contribution in [0.2, 0.25) is 0 Å². The molecule has 1 aliphatic rings. The predicted molar refractivity (Wildman–Crippen MR) is 65.8 cm³/mol. The largest absolute Gasteiger partial charge is 0.476 e. The minimum absolute atomic E-state index is 0.0866. The maximum atomic E-state index is 11.0. The second-order valence-electron chi connectivity index (χ2n) is 4.57. The van der Waals surface area contributed by atoms with Crippen LogP contribution in [0.3, 0.4) is 0 Å². The van der Waals surface area contributed by atoms with Gasteiger partial charge in [-0.15, -0.1) is 0 Å². The summed E-state index contributed by atoms with van der Waals surface area (Å²) < 4.78 is 5.35. The van der Waals surface area contributed by atoms with Crippen molar-refractivity contribution in [2.45, 2.75) is 18.8 Å². The Morgan fingerprint density at radius 2 is 2.17 bits per heavy atom. The first kappa shape index (κ1) is 11.2. The molecule has 2 N–H and O–H groups in total. The standard InChI is InChI=1S/C13H14N2O3/c16-13(17)12-10-2-1-9(7-11(10)14-15-12)8-3-5-18-6-4-8/h1-2,7-8H,3-6H2,(H,14,15)(H,16,17). The van der Waals surface area contributed by atoms with Crippen LogP contribution in [-0.2, 0) is 4.74 Å². The van der Waals surface area contributed by atoms with Crippen molar-refractivity contribution in [1.82, 2.24) is 10.2 Å². The number of aromatic carboxylic acids is 1. The number of hydrogen-bond donors (Lipinski definition) is 2. The number of carbonyl (C=O) groups is 1. The van der Waals surface area contributed by atoms with Gasteiger partial charge in [0.15, 0.2) is 5.69 Å². The number of aromatic amines is 1. The first-order valence-electron chi connectivity index (χ1n) is 6.05. The minimum Gasteiger partial charge on any atom is -0.476 e. The van der Waals surface area contributed by atoms with Crippen LogP contribution in [0.15, 0.2) is 18.2 Å². The molecular weight excluding hydrogens is 232 g/mol. The summed E-state index contributed by atoms with van der Waals surface area (Å²) >= 11 is 0. The number of aromatic nitrogens is 2. The molecule has 18 heavy (non-hydrogen) atoms. The van der Waals surface area contributed by atoms with Crippen LogP contribution in [0, 0.1) is 0 Å². The van der Waals surface area contributed by atoms with Gasteiger partial charge in [0.25, 0.3) is 0 Å². The Balaban J connectivity index is 1.98. The van der Waals surface area contributed by atoms with Crippen LogP contribution in [0.4, 0.5) is 0 Å². The number of fused-ring (bicyclic) bond motifs is 1. The Kier molecular flexibility index (Phi) is 2.76. The van der Waals surface area contributed by atoms with Gasteiger partial charge in [0, 0.05) is 18.6 Å². The van der Waals surface area contributed by atoms with Crippen LogP contribution < -0.4 is 0 Å². The normalized spacial score (nSPS) is 17.1. The number of nitrogens with one attached hydrogen (secondary N) is 1. The Morgan fingerprint density at radius 3 is 2.89 bits per heavy atom. The zero-order chi connectivity index (χ0) is 12.5. The quantitative estimate of drug-likeness (QED) is 0.851. The average molecular weight is 246 g/mol. The summed E-state index contributed by atoms with van der Waals surface area (Å²) in [5.41, 5.74) is 2.10. The lowest BCUT2D eigenvalue weighted by Crippen LogP contribution is -2.13. The van der Waals surface area contributed by atoms with Gasteiger partial charge in [0.05, 0.1) is 5.52 Å². The molecular formula is C13H14N2O3. The maximum absolute atomic E-state index is 11.0. The molecule has 1 aromatic carbocycles. The fourth-order valence-electron chi connectivity index (χ4n) is 2.49. The van der Waals surface area contributed by atoms with E-state index in [1.54, 1.807) is 0 Å². The van der Waals surface area contributed by atoms with Gasteiger partial charge in [0.1, 0.15) is 0 Å². The van der Waals surface area contributed by atoms with E-state index >= 15 is 0 Å². The molecule has 3 rings (SSSR count). The summed E-state index contributed by atoms with van der Waals surface area (Å²) in [5, 5.41) is 16.3. The second kappa shape index (κ2) is 4.42. The topological polar surface area (TPSA) is 75.2 Å². The van der Waals surface area contributed by atoms with Gasteiger partial charge in [-0.05, 0) is 30.4 Å². The van der Waals surface area contributed by atoms with Gasteiger partial charge < -0.3 is 9.84 Å². The lowest BCUT2D eigenvalue weighted by molar-refractivity contribution is 0.0692. The first-order valence-corrected chi connectivity index (χ1v) is 6.05. The number of carboxylic acids is 1. The molecule has 2 aromatic rings. The first-order chi connectivity index (χ1) is 8.75. The molecule has 1 fully saturated rings. The molecule has 0 radical (unpaired) electrons. The van der Waals surface area contributed by atoms with Gasteiger partial charge in [-0.2, -0.15) is 5.10 Å². The molecule has 5 heteroatoms. The summed E-state index contributed by atoms with van der Waals surface area (Å²) in [7, 11) is 0. The van der Waals surface area contributed by atoms with E-state index in [2.05, 4.69) is 10.2 Å². The minimum atomic E-state index is -1.000. The number of ether oxygens (including phenoxy) is 1. The number of carboxylic acid groups (broad SMARTS) is 1. The van der Waals surface area contributed by atoms with Crippen molar-refractivity contribution in [2.75, 3.05) is 13.2 Å². The van der Waals surface area contributed by atoms with Gasteiger partial charge in [-0.3, -0.25) is 5.10 Å². The lowest BCUT2D eigenvalue weighted by atomic mass is 9.91. The molecule has 0 bridgehead atoms. The molecule has 1 aromatic heterocycles. The third kappa shape index (κ3) is 1.86. The fraction of sp³-hybridized carbons (Fsp3) is 0.385. The van der Waals surface area contributed by atoms with Crippen molar-refractivity contribution in [3.63, 3.8) is 0 Å². The molecule has 5 nitrogen and oxygen atoms in total. The van der Waals surface area contributed by atoms with Gasteiger partial charge in [0.2, 0.25) is 0 Å². The Hall–Kier alpha value is -1.88. The molecule has 0 aliphatic carbocycles. The molecule has 2 heterocycles. The summed E-state index contributed by atoms with van der Waals surface area (Å²) in [5.74, 6) is -0.500. The summed E-state index contributed by atoms with van der Waals surface area (Å²) in [6.07, 6.45) is 2.04. The smallest absolute Gasteiger partial charge is 0.357 e. The number of benzene rings is 1. The SMILES string of the molecule is O=C(O)c1n[nH]c2cc(C3CCOCC3)ccc12. The van der Waals surface area contributed by atoms with E-state index < -0.39 is 5.97 Å². The summed E-state index contributed by atoms with van der Waals surface area (Å²) in [4.78, 5) is 11.0. The molecule has 1 saturated heterocycles. The Labute approximate surface area is 104 Å². The highest BCUT2D eigenvalue weighted by Crippen LogP contribution is 2.29. The lowest BCUT2D eigenvalue weighted by Gasteiger charge is -2.22. The number of hydrogen-bond acceptors (Lipinski definition) is 3. The van der Waals surface area contributed by atoms with Crippen LogP contribution >= 0.6 is 0 Å². The zero-order valence-electron chi connectivity index (χ0n) is 9.85. The van der Waals surface area contributed by atoms with Crippen molar-refractivity contribution in [3.8, 4) is 0 Å². The van der Waals surface area contributed by atoms with Gasteiger partial charge >= 0.3 is 5.97 Å². The van der Waals surface area contributed by atoms with Crippen molar-refractivity contribution >= 4 is 16.9 Å². The zero-order valence-corrected chi connectivity index (χ0v) is 9.85. The number of rotatable bonds is 2. The molecule has 0 unspecified atom stereocenters. The third-order valence-electron chi connectivity index (χ3n) is 3.48. The Morgan fingerprint density at radius 1 is 1.39 bits per heavy atom. The van der Waals surface area contributed by atoms with Crippen LogP contribution in [-0.4, -0.2) is 34.5 Å². The maximum Gasteiger partial charge on any atom is 0.357 e. The van der Waals surface area contributed by atoms with E-state index in [4.69, 9.17) is 9.84 Å². The van der Waals surface area contributed by atoms with E-state index in [-0.39, 0.29) is 5.69 Å². The number of nitrogens with zero attached hydrogens (tertiary/aromatic N) is 1. The van der Waals surface area contributed by atoms with E-state index in [0.29, 0.717) is 11.3 Å².